The first-order valence-electron chi connectivity index (χ1n) is 4.83. The summed E-state index contributed by atoms with van der Waals surface area (Å²) in [6.45, 7) is 1.70. The predicted molar refractivity (Wildman–Crippen MR) is 61.3 cm³/mol. The van der Waals surface area contributed by atoms with Crippen molar-refractivity contribution in [2.75, 3.05) is 0 Å². The van der Waals surface area contributed by atoms with Crippen LogP contribution >= 0.6 is 0 Å². The minimum absolute atomic E-state index is 0.0679. The lowest BCUT2D eigenvalue weighted by molar-refractivity contribution is -0.383. The van der Waals surface area contributed by atoms with Crippen molar-refractivity contribution < 1.29 is 9.72 Å². The van der Waals surface area contributed by atoms with E-state index in [-0.39, 0.29) is 11.4 Å². The molecule has 1 heterocycles. The highest BCUT2D eigenvalue weighted by molar-refractivity contribution is 6.02. The van der Waals surface area contributed by atoms with Crippen LogP contribution < -0.4 is 11.3 Å². The summed E-state index contributed by atoms with van der Waals surface area (Å²) in [5.41, 5.74) is 3.12. The molecule has 0 bridgehead atoms. The molecule has 17 heavy (non-hydrogen) atoms. The van der Waals surface area contributed by atoms with Gasteiger partial charge in [-0.1, -0.05) is 12.1 Å². The summed E-state index contributed by atoms with van der Waals surface area (Å²) in [5.74, 6) is 4.53. The molecule has 1 aromatic heterocycles. The number of nitrogens with one attached hydrogen (secondary N) is 2. The van der Waals surface area contributed by atoms with Gasteiger partial charge in [0.05, 0.1) is 4.92 Å². The highest BCUT2D eigenvalue weighted by Gasteiger charge is 2.19. The molecule has 0 saturated heterocycles. The maximum atomic E-state index is 11.4. The molecule has 0 aliphatic rings. The van der Waals surface area contributed by atoms with Crippen molar-refractivity contribution in [3.63, 3.8) is 0 Å². The molecule has 7 heteroatoms. The Morgan fingerprint density at radius 2 is 2.24 bits per heavy atom. The summed E-state index contributed by atoms with van der Waals surface area (Å²) in [7, 11) is 0. The second-order valence-electron chi connectivity index (χ2n) is 3.56. The van der Waals surface area contributed by atoms with E-state index >= 15 is 0 Å². The van der Waals surface area contributed by atoms with Crippen LogP contribution in [0, 0.1) is 17.0 Å². The number of nitro groups is 1. The number of rotatable bonds is 2. The van der Waals surface area contributed by atoms with Gasteiger partial charge >= 0.3 is 0 Å². The molecule has 1 aromatic carbocycles. The minimum Gasteiger partial charge on any atom is -0.345 e. The summed E-state index contributed by atoms with van der Waals surface area (Å²) in [6.07, 6.45) is 0. The number of nitrogens with two attached hydrogens (primary N) is 1. The lowest BCUT2D eigenvalue weighted by Crippen LogP contribution is -2.30. The lowest BCUT2D eigenvalue weighted by Gasteiger charge is -1.96. The maximum absolute atomic E-state index is 11.4. The average molecular weight is 234 g/mol. The third-order valence-electron chi connectivity index (χ3n) is 2.63. The SMILES string of the molecule is Cc1c(C(=O)NN)[nH]c2c([N+](=O)[O-])cccc12. The van der Waals surface area contributed by atoms with Crippen molar-refractivity contribution >= 4 is 22.5 Å². The number of nitro benzene ring substituents is 1. The molecule has 0 aliphatic heterocycles. The number of non-ortho nitro benzene ring substituents is 1. The van der Waals surface area contributed by atoms with Gasteiger partial charge in [-0.25, -0.2) is 5.84 Å². The van der Waals surface area contributed by atoms with E-state index in [4.69, 9.17) is 5.84 Å². The van der Waals surface area contributed by atoms with Crippen molar-refractivity contribution in [3.8, 4) is 0 Å². The number of hydrogen-bond acceptors (Lipinski definition) is 4. The summed E-state index contributed by atoms with van der Waals surface area (Å²) >= 11 is 0. The van der Waals surface area contributed by atoms with Crippen molar-refractivity contribution in [2.24, 2.45) is 5.84 Å². The Balaban J connectivity index is 2.77. The fourth-order valence-electron chi connectivity index (χ4n) is 1.79. The van der Waals surface area contributed by atoms with E-state index in [9.17, 15) is 14.9 Å². The Labute approximate surface area is 95.7 Å². The Kier molecular flexibility index (Phi) is 2.52. The fourth-order valence-corrected chi connectivity index (χ4v) is 1.79. The zero-order valence-electron chi connectivity index (χ0n) is 8.98. The zero-order chi connectivity index (χ0) is 12.6. The first-order valence-corrected chi connectivity index (χ1v) is 4.83. The number of hydrogen-bond donors (Lipinski definition) is 3. The minimum atomic E-state index is -0.506. The van der Waals surface area contributed by atoms with Gasteiger partial charge in [0.15, 0.2) is 0 Å². The first-order chi connectivity index (χ1) is 8.06. The molecular weight excluding hydrogens is 224 g/mol. The molecule has 0 atom stereocenters. The molecule has 0 aliphatic carbocycles. The second kappa shape index (κ2) is 3.87. The van der Waals surface area contributed by atoms with E-state index in [1.807, 2.05) is 5.43 Å². The second-order valence-corrected chi connectivity index (χ2v) is 3.56. The topological polar surface area (TPSA) is 114 Å². The van der Waals surface area contributed by atoms with Crippen molar-refractivity contribution in [1.82, 2.24) is 10.4 Å². The van der Waals surface area contributed by atoms with Crippen LogP contribution in [0.1, 0.15) is 16.1 Å². The van der Waals surface area contributed by atoms with Gasteiger partial charge in [-0.3, -0.25) is 20.3 Å². The van der Waals surface area contributed by atoms with Gasteiger partial charge in [0.25, 0.3) is 11.6 Å². The third-order valence-corrected chi connectivity index (χ3v) is 2.63. The smallest absolute Gasteiger partial charge is 0.293 e. The molecular formula is C10H10N4O3. The number of para-hydroxylation sites is 1. The van der Waals surface area contributed by atoms with E-state index in [1.54, 1.807) is 19.1 Å². The lowest BCUT2D eigenvalue weighted by atomic mass is 10.1. The molecule has 4 N–H and O–H groups in total. The van der Waals surface area contributed by atoms with Crippen LogP contribution in [0.25, 0.3) is 10.9 Å². The van der Waals surface area contributed by atoms with Crippen LogP contribution in [0.2, 0.25) is 0 Å². The molecule has 7 nitrogen and oxygen atoms in total. The summed E-state index contributed by atoms with van der Waals surface area (Å²) < 4.78 is 0. The number of aromatic nitrogens is 1. The standard InChI is InChI=1S/C10H10N4O3/c1-5-6-3-2-4-7(14(16)17)9(6)12-8(5)10(15)13-11/h2-4,12H,11H2,1H3,(H,13,15). The number of H-pyrrole nitrogens is 1. The van der Waals surface area contributed by atoms with Gasteiger partial charge < -0.3 is 4.98 Å². The maximum Gasteiger partial charge on any atom is 0.293 e. The monoisotopic (exact) mass is 234 g/mol. The van der Waals surface area contributed by atoms with Crippen molar-refractivity contribution in [2.45, 2.75) is 6.92 Å². The van der Waals surface area contributed by atoms with Crippen LogP contribution in [0.3, 0.4) is 0 Å². The van der Waals surface area contributed by atoms with E-state index in [1.165, 1.54) is 6.07 Å². The zero-order valence-corrected chi connectivity index (χ0v) is 8.98. The van der Waals surface area contributed by atoms with E-state index < -0.39 is 10.8 Å². The number of hydrazine groups is 1. The largest absolute Gasteiger partial charge is 0.345 e. The van der Waals surface area contributed by atoms with Gasteiger partial charge in [0.2, 0.25) is 0 Å². The van der Waals surface area contributed by atoms with Gasteiger partial charge in [0, 0.05) is 11.5 Å². The number of amides is 1. The molecule has 1 amide bonds. The molecule has 0 fully saturated rings. The van der Waals surface area contributed by atoms with Crippen molar-refractivity contribution in [1.29, 1.82) is 0 Å². The molecule has 2 rings (SSSR count). The number of nitrogens with zero attached hydrogens (tertiary/aromatic N) is 1. The van der Waals surface area contributed by atoms with Crippen LogP contribution in [-0.2, 0) is 0 Å². The number of carbonyl (C=O) groups excluding carboxylic acids is 1. The van der Waals surface area contributed by atoms with Crippen molar-refractivity contribution in [3.05, 3.63) is 39.6 Å². The summed E-state index contributed by atoms with van der Waals surface area (Å²) in [4.78, 5) is 24.5. The Hall–Kier alpha value is -2.41. The van der Waals surface area contributed by atoms with Crippen LogP contribution in [-0.4, -0.2) is 15.8 Å². The van der Waals surface area contributed by atoms with Crippen LogP contribution in [0.4, 0.5) is 5.69 Å². The number of aromatic amines is 1. The summed E-state index contributed by atoms with van der Waals surface area (Å²) in [5, 5.41) is 11.5. The van der Waals surface area contributed by atoms with E-state index in [2.05, 4.69) is 4.98 Å². The van der Waals surface area contributed by atoms with Crippen LogP contribution in [0.15, 0.2) is 18.2 Å². The number of aryl methyl sites for hydroxylation is 1. The molecule has 2 aromatic rings. The molecule has 0 saturated carbocycles. The van der Waals surface area contributed by atoms with Crippen LogP contribution in [0.5, 0.6) is 0 Å². The quantitative estimate of drug-likeness (QED) is 0.311. The Morgan fingerprint density at radius 3 is 2.82 bits per heavy atom. The molecule has 88 valence electrons. The fraction of sp³-hybridized carbons (Fsp3) is 0.100. The number of nitrogen functional groups attached to an aromatic ring is 1. The van der Waals surface area contributed by atoms with Gasteiger partial charge in [-0.15, -0.1) is 0 Å². The van der Waals surface area contributed by atoms with Gasteiger partial charge in [0.1, 0.15) is 11.2 Å². The normalized spacial score (nSPS) is 10.5. The summed E-state index contributed by atoms with van der Waals surface area (Å²) in [6, 6.07) is 4.66. The molecule has 0 unspecified atom stereocenters. The molecule has 0 spiro atoms. The number of fused-ring (bicyclic) bond motifs is 1. The Morgan fingerprint density at radius 1 is 1.53 bits per heavy atom. The average Bonchev–Trinajstić information content (AvgIpc) is 2.66. The highest BCUT2D eigenvalue weighted by atomic mass is 16.6. The molecule has 0 radical (unpaired) electrons. The van der Waals surface area contributed by atoms with Gasteiger partial charge in [-0.05, 0) is 12.5 Å². The Bertz CT molecular complexity index is 617. The number of carbonyl (C=O) groups is 1. The third kappa shape index (κ3) is 1.62. The number of benzene rings is 1. The van der Waals surface area contributed by atoms with E-state index in [0.717, 1.165) is 0 Å². The predicted octanol–water partition coefficient (Wildman–Crippen LogP) is 0.988. The van der Waals surface area contributed by atoms with Gasteiger partial charge in [-0.2, -0.15) is 0 Å². The first kappa shape index (κ1) is 11.1. The highest BCUT2D eigenvalue weighted by Crippen LogP contribution is 2.28. The van der Waals surface area contributed by atoms with E-state index in [0.29, 0.717) is 16.5 Å².